The fraction of sp³-hybridized carbons (Fsp3) is 0.227. The van der Waals surface area contributed by atoms with Crippen LogP contribution in [0.1, 0.15) is 16.7 Å². The van der Waals surface area contributed by atoms with Crippen molar-refractivity contribution < 1.29 is 9.47 Å². The predicted molar refractivity (Wildman–Crippen MR) is 135 cm³/mol. The molecule has 0 spiro atoms. The zero-order chi connectivity index (χ0) is 22.8. The molecule has 5 rings (SSSR count). The van der Waals surface area contributed by atoms with E-state index in [9.17, 15) is 0 Å². The standard InChI is InChI=1S/C22H19Cl2N5O2S2/c1-30-19-5-14-17(25-10-26-21(14)28-12-2-3-15(23)16(24)4-12)6-20(19)31-7-13-8-33-22(29-13)18-9-32-11-27-18/h2-6,8,10,18,27H,7,9,11H2,1H3,(H,25,26,28). The Morgan fingerprint density at radius 3 is 2.85 bits per heavy atom. The number of ether oxygens (including phenoxy) is 2. The number of hydrogen-bond donors (Lipinski definition) is 2. The molecule has 0 amide bonds. The Labute approximate surface area is 208 Å². The van der Waals surface area contributed by atoms with Crippen molar-refractivity contribution in [1.29, 1.82) is 0 Å². The summed E-state index contributed by atoms with van der Waals surface area (Å²) in [6.45, 7) is 0.345. The average Bonchev–Trinajstić information content (AvgIpc) is 3.52. The lowest BCUT2D eigenvalue weighted by atomic mass is 10.2. The summed E-state index contributed by atoms with van der Waals surface area (Å²) in [7, 11) is 1.61. The first kappa shape index (κ1) is 22.5. The number of rotatable bonds is 7. The molecule has 0 saturated carbocycles. The van der Waals surface area contributed by atoms with Crippen LogP contribution in [0.15, 0.2) is 42.0 Å². The predicted octanol–water partition coefficient (Wildman–Crippen LogP) is 6.06. The molecule has 0 radical (unpaired) electrons. The molecule has 1 aliphatic rings. The highest BCUT2D eigenvalue weighted by Gasteiger charge is 2.20. The monoisotopic (exact) mass is 519 g/mol. The van der Waals surface area contributed by atoms with Crippen molar-refractivity contribution in [3.8, 4) is 11.5 Å². The molecule has 1 unspecified atom stereocenters. The molecule has 2 aromatic carbocycles. The van der Waals surface area contributed by atoms with Gasteiger partial charge in [0.25, 0.3) is 0 Å². The molecule has 1 saturated heterocycles. The summed E-state index contributed by atoms with van der Waals surface area (Å²) in [6.07, 6.45) is 1.50. The number of aromatic nitrogens is 3. The van der Waals surface area contributed by atoms with E-state index >= 15 is 0 Å². The highest BCUT2D eigenvalue weighted by molar-refractivity contribution is 7.99. The van der Waals surface area contributed by atoms with Gasteiger partial charge in [0.15, 0.2) is 11.5 Å². The van der Waals surface area contributed by atoms with Gasteiger partial charge in [-0.15, -0.1) is 23.1 Å². The molecule has 1 atom stereocenters. The van der Waals surface area contributed by atoms with Crippen LogP contribution < -0.4 is 20.1 Å². The van der Waals surface area contributed by atoms with Crippen LogP contribution in [-0.2, 0) is 6.61 Å². The highest BCUT2D eigenvalue weighted by Crippen LogP contribution is 2.36. The van der Waals surface area contributed by atoms with E-state index in [0.29, 0.717) is 40.0 Å². The van der Waals surface area contributed by atoms with E-state index in [2.05, 4.69) is 20.6 Å². The van der Waals surface area contributed by atoms with Crippen molar-refractivity contribution in [3.63, 3.8) is 0 Å². The Bertz CT molecular complexity index is 1300. The van der Waals surface area contributed by atoms with E-state index in [-0.39, 0.29) is 0 Å². The highest BCUT2D eigenvalue weighted by atomic mass is 35.5. The first-order valence-corrected chi connectivity index (χ1v) is 12.8. The molecule has 7 nitrogen and oxygen atoms in total. The van der Waals surface area contributed by atoms with Gasteiger partial charge in [0.2, 0.25) is 0 Å². The Morgan fingerprint density at radius 1 is 1.15 bits per heavy atom. The van der Waals surface area contributed by atoms with E-state index in [4.69, 9.17) is 37.7 Å². The van der Waals surface area contributed by atoms with Gasteiger partial charge in [-0.05, 0) is 24.3 Å². The SMILES string of the molecule is COc1cc2c(Nc3ccc(Cl)c(Cl)c3)ncnc2cc1OCc1csc(C2CSCN2)n1. The van der Waals surface area contributed by atoms with Crippen molar-refractivity contribution in [1.82, 2.24) is 20.3 Å². The maximum absolute atomic E-state index is 6.14. The Morgan fingerprint density at radius 2 is 2.06 bits per heavy atom. The van der Waals surface area contributed by atoms with Crippen LogP contribution in [0.2, 0.25) is 10.0 Å². The minimum Gasteiger partial charge on any atom is -0.493 e. The van der Waals surface area contributed by atoms with Gasteiger partial charge in [0.1, 0.15) is 23.8 Å². The second kappa shape index (κ2) is 9.90. The van der Waals surface area contributed by atoms with Crippen LogP contribution in [0, 0.1) is 0 Å². The van der Waals surface area contributed by atoms with Gasteiger partial charge in [-0.2, -0.15) is 0 Å². The van der Waals surface area contributed by atoms with E-state index in [1.54, 1.807) is 30.6 Å². The van der Waals surface area contributed by atoms with Crippen molar-refractivity contribution >= 4 is 68.7 Å². The number of nitrogens with zero attached hydrogens (tertiary/aromatic N) is 3. The summed E-state index contributed by atoms with van der Waals surface area (Å²) in [4.78, 5) is 13.5. The normalized spacial score (nSPS) is 15.7. The smallest absolute Gasteiger partial charge is 0.163 e. The lowest BCUT2D eigenvalue weighted by molar-refractivity contribution is 0.281. The van der Waals surface area contributed by atoms with Crippen molar-refractivity contribution in [3.05, 3.63) is 62.8 Å². The van der Waals surface area contributed by atoms with Gasteiger partial charge in [0, 0.05) is 34.1 Å². The van der Waals surface area contributed by atoms with Gasteiger partial charge in [0.05, 0.1) is 34.4 Å². The minimum atomic E-state index is 0.321. The maximum atomic E-state index is 6.14. The van der Waals surface area contributed by atoms with Gasteiger partial charge in [-0.3, -0.25) is 5.32 Å². The van der Waals surface area contributed by atoms with E-state index in [1.165, 1.54) is 6.33 Å². The summed E-state index contributed by atoms with van der Waals surface area (Å²) >= 11 is 15.7. The summed E-state index contributed by atoms with van der Waals surface area (Å²) in [6, 6.07) is 9.33. The molecule has 33 heavy (non-hydrogen) atoms. The van der Waals surface area contributed by atoms with Gasteiger partial charge < -0.3 is 14.8 Å². The van der Waals surface area contributed by atoms with Crippen molar-refractivity contribution in [2.45, 2.75) is 12.6 Å². The van der Waals surface area contributed by atoms with Crippen molar-refractivity contribution in [2.24, 2.45) is 0 Å². The third kappa shape index (κ3) is 4.97. The van der Waals surface area contributed by atoms with E-state index < -0.39 is 0 Å². The number of thioether (sulfide) groups is 1. The number of benzene rings is 2. The Hall–Kier alpha value is -2.30. The van der Waals surface area contributed by atoms with Crippen molar-refractivity contribution in [2.75, 3.05) is 24.1 Å². The maximum Gasteiger partial charge on any atom is 0.163 e. The number of fused-ring (bicyclic) bond motifs is 1. The van der Waals surface area contributed by atoms with Gasteiger partial charge >= 0.3 is 0 Å². The summed E-state index contributed by atoms with van der Waals surface area (Å²) < 4.78 is 11.7. The van der Waals surface area contributed by atoms with Crippen LogP contribution >= 0.6 is 46.3 Å². The lowest BCUT2D eigenvalue weighted by Gasteiger charge is -2.13. The summed E-state index contributed by atoms with van der Waals surface area (Å²) in [5.74, 6) is 3.81. The molecule has 11 heteroatoms. The summed E-state index contributed by atoms with van der Waals surface area (Å²) in [5, 5.41) is 11.6. The lowest BCUT2D eigenvalue weighted by Crippen LogP contribution is -2.14. The zero-order valence-electron chi connectivity index (χ0n) is 17.5. The molecule has 1 fully saturated rings. The molecule has 170 valence electrons. The Balaban J connectivity index is 1.38. The largest absolute Gasteiger partial charge is 0.493 e. The van der Waals surface area contributed by atoms with E-state index in [0.717, 1.165) is 38.9 Å². The average molecular weight is 520 g/mol. The molecule has 1 aliphatic heterocycles. The quantitative estimate of drug-likeness (QED) is 0.305. The zero-order valence-corrected chi connectivity index (χ0v) is 20.6. The van der Waals surface area contributed by atoms with Gasteiger partial charge in [-0.1, -0.05) is 23.2 Å². The van der Waals surface area contributed by atoms with E-state index in [1.807, 2.05) is 35.3 Å². The number of nitrogens with one attached hydrogen (secondary N) is 2. The third-order valence-electron chi connectivity index (χ3n) is 5.06. The topological polar surface area (TPSA) is 81.2 Å². The number of halogens is 2. The van der Waals surface area contributed by atoms with Crippen LogP contribution in [0.25, 0.3) is 10.9 Å². The Kier molecular flexibility index (Phi) is 6.75. The first-order chi connectivity index (χ1) is 16.1. The van der Waals surface area contributed by atoms with Crippen LogP contribution in [0.4, 0.5) is 11.5 Å². The molecule has 2 N–H and O–H groups in total. The molecule has 2 aromatic heterocycles. The summed E-state index contributed by atoms with van der Waals surface area (Å²) in [5.41, 5.74) is 2.37. The minimum absolute atomic E-state index is 0.321. The fourth-order valence-corrected chi connectivity index (χ4v) is 5.63. The van der Waals surface area contributed by atoms with Gasteiger partial charge in [-0.25, -0.2) is 15.0 Å². The molecular formula is C22H19Cl2N5O2S2. The molecular weight excluding hydrogens is 501 g/mol. The second-order valence-electron chi connectivity index (χ2n) is 7.23. The third-order valence-corrected chi connectivity index (χ3v) is 7.75. The molecule has 4 aromatic rings. The van der Waals surface area contributed by atoms with Crippen LogP contribution in [0.3, 0.4) is 0 Å². The molecule has 0 bridgehead atoms. The first-order valence-electron chi connectivity index (χ1n) is 10.0. The second-order valence-corrected chi connectivity index (χ2v) is 9.97. The van der Waals surface area contributed by atoms with Crippen LogP contribution in [-0.4, -0.2) is 33.7 Å². The fourth-order valence-electron chi connectivity index (χ4n) is 3.40. The number of anilines is 2. The number of hydrogen-bond acceptors (Lipinski definition) is 9. The molecule has 0 aliphatic carbocycles. The van der Waals surface area contributed by atoms with Crippen LogP contribution in [0.5, 0.6) is 11.5 Å². The molecule has 3 heterocycles. The number of methoxy groups -OCH3 is 1. The number of thiazole rings is 1.